The minimum Gasteiger partial charge on any atom is -0.323 e. The fraction of sp³-hybridized carbons (Fsp3) is 0.400. The Hall–Kier alpha value is -2.33. The summed E-state index contributed by atoms with van der Waals surface area (Å²) < 4.78 is 2.12. The molecule has 1 aromatic carbocycles. The van der Waals surface area contributed by atoms with Crippen molar-refractivity contribution in [2.24, 2.45) is 5.92 Å². The second kappa shape index (κ2) is 4.74. The van der Waals surface area contributed by atoms with E-state index in [1.807, 2.05) is 24.3 Å². The Morgan fingerprint density at radius 2 is 2.11 bits per heavy atom. The van der Waals surface area contributed by atoms with E-state index in [4.69, 9.17) is 5.26 Å². The van der Waals surface area contributed by atoms with Gasteiger partial charge in [-0.3, -0.25) is 0 Å². The molecule has 0 amide bonds. The average molecular weight is 250 g/mol. The van der Waals surface area contributed by atoms with Crippen LogP contribution in [0.1, 0.15) is 31.1 Å². The number of hydrogen-bond acceptors (Lipinski definition) is 3. The number of rotatable bonds is 2. The maximum atomic E-state index is 9.28. The summed E-state index contributed by atoms with van der Waals surface area (Å²) in [7, 11) is 0. The van der Waals surface area contributed by atoms with Gasteiger partial charge < -0.3 is 4.57 Å². The molecule has 0 N–H and O–H groups in total. The second-order valence-electron chi connectivity index (χ2n) is 4.96. The molecule has 0 saturated heterocycles. The zero-order valence-electron chi connectivity index (χ0n) is 10.6. The van der Waals surface area contributed by atoms with Gasteiger partial charge in [0.05, 0.1) is 41.6 Å². The summed E-state index contributed by atoms with van der Waals surface area (Å²) >= 11 is 0. The van der Waals surface area contributed by atoms with Gasteiger partial charge in [0.15, 0.2) is 0 Å². The van der Waals surface area contributed by atoms with Crippen LogP contribution in [0, 0.1) is 28.6 Å². The molecular formula is C15H14N4. The predicted octanol–water partition coefficient (Wildman–Crippen LogP) is 2.97. The van der Waals surface area contributed by atoms with Crippen molar-refractivity contribution in [3.63, 3.8) is 0 Å². The van der Waals surface area contributed by atoms with E-state index in [1.54, 1.807) is 0 Å². The molecule has 1 aliphatic rings. The topological polar surface area (TPSA) is 65.4 Å². The Morgan fingerprint density at radius 3 is 2.89 bits per heavy atom. The number of hydrogen-bond donors (Lipinski definition) is 0. The smallest absolute Gasteiger partial charge is 0.124 e. The molecule has 1 fully saturated rings. The molecule has 1 aliphatic carbocycles. The zero-order valence-corrected chi connectivity index (χ0v) is 10.6. The first kappa shape index (κ1) is 11.7. The van der Waals surface area contributed by atoms with Gasteiger partial charge in [0, 0.05) is 0 Å². The highest BCUT2D eigenvalue weighted by molar-refractivity contribution is 5.76. The molecule has 0 radical (unpaired) electrons. The number of para-hydroxylation sites is 2. The highest BCUT2D eigenvalue weighted by Crippen LogP contribution is 2.38. The Morgan fingerprint density at radius 1 is 1.26 bits per heavy atom. The molecular weight excluding hydrogens is 236 g/mol. The molecule has 1 aromatic heterocycles. The first-order chi connectivity index (χ1) is 9.35. The molecule has 2 aromatic rings. The van der Waals surface area contributed by atoms with Gasteiger partial charge in [0.25, 0.3) is 0 Å². The van der Waals surface area contributed by atoms with Gasteiger partial charge in [-0.1, -0.05) is 12.1 Å². The summed E-state index contributed by atoms with van der Waals surface area (Å²) in [6.07, 6.45) is 3.31. The highest BCUT2D eigenvalue weighted by atomic mass is 15.1. The van der Waals surface area contributed by atoms with Crippen LogP contribution in [-0.2, 0) is 6.42 Å². The quantitative estimate of drug-likeness (QED) is 0.823. The molecule has 1 heterocycles. The molecule has 1 saturated carbocycles. The Labute approximate surface area is 111 Å². The normalized spacial score (nSPS) is 22.2. The SMILES string of the molecule is N#CCc1nc2ccccc2n1C1CCCC1C#N. The van der Waals surface area contributed by atoms with Crippen LogP contribution in [0.2, 0.25) is 0 Å². The largest absolute Gasteiger partial charge is 0.323 e. The fourth-order valence-electron chi connectivity index (χ4n) is 3.06. The summed E-state index contributed by atoms with van der Waals surface area (Å²) in [5, 5.41) is 18.2. The monoisotopic (exact) mass is 250 g/mol. The van der Waals surface area contributed by atoms with E-state index in [2.05, 4.69) is 21.7 Å². The lowest BCUT2D eigenvalue weighted by Crippen LogP contribution is -2.15. The minimum absolute atomic E-state index is 0.0371. The van der Waals surface area contributed by atoms with Crippen LogP contribution in [0.15, 0.2) is 24.3 Å². The van der Waals surface area contributed by atoms with E-state index in [-0.39, 0.29) is 12.0 Å². The lowest BCUT2D eigenvalue weighted by Gasteiger charge is -2.18. The third kappa shape index (κ3) is 1.86. The molecule has 4 heteroatoms. The van der Waals surface area contributed by atoms with E-state index in [9.17, 15) is 5.26 Å². The van der Waals surface area contributed by atoms with E-state index in [0.29, 0.717) is 6.42 Å². The molecule has 2 atom stereocenters. The third-order valence-electron chi connectivity index (χ3n) is 3.88. The van der Waals surface area contributed by atoms with Crippen LogP contribution in [0.5, 0.6) is 0 Å². The number of fused-ring (bicyclic) bond motifs is 1. The molecule has 0 spiro atoms. The van der Waals surface area contributed by atoms with Gasteiger partial charge in [-0.2, -0.15) is 10.5 Å². The predicted molar refractivity (Wildman–Crippen MR) is 71.0 cm³/mol. The molecule has 19 heavy (non-hydrogen) atoms. The van der Waals surface area contributed by atoms with Crippen molar-refractivity contribution >= 4 is 11.0 Å². The van der Waals surface area contributed by atoms with Crippen LogP contribution in [0.25, 0.3) is 11.0 Å². The van der Waals surface area contributed by atoms with Crippen molar-refractivity contribution < 1.29 is 0 Å². The fourth-order valence-corrected chi connectivity index (χ4v) is 3.06. The van der Waals surface area contributed by atoms with Gasteiger partial charge in [-0.05, 0) is 31.4 Å². The maximum Gasteiger partial charge on any atom is 0.124 e. The van der Waals surface area contributed by atoms with Gasteiger partial charge in [0.2, 0.25) is 0 Å². The molecule has 2 unspecified atom stereocenters. The first-order valence-electron chi connectivity index (χ1n) is 6.57. The van der Waals surface area contributed by atoms with Gasteiger partial charge in [0.1, 0.15) is 5.82 Å². The minimum atomic E-state index is 0.0371. The molecule has 94 valence electrons. The highest BCUT2D eigenvalue weighted by Gasteiger charge is 2.31. The van der Waals surface area contributed by atoms with Gasteiger partial charge in [-0.15, -0.1) is 0 Å². The number of nitriles is 2. The van der Waals surface area contributed by atoms with Crippen molar-refractivity contribution in [3.05, 3.63) is 30.1 Å². The second-order valence-corrected chi connectivity index (χ2v) is 4.96. The van der Waals surface area contributed by atoms with Crippen LogP contribution in [0.3, 0.4) is 0 Å². The van der Waals surface area contributed by atoms with E-state index >= 15 is 0 Å². The van der Waals surface area contributed by atoms with E-state index in [1.165, 1.54) is 0 Å². The summed E-state index contributed by atoms with van der Waals surface area (Å²) in [5.74, 6) is 0.825. The summed E-state index contributed by atoms with van der Waals surface area (Å²) in [6, 6.07) is 12.7. The van der Waals surface area contributed by atoms with Crippen LogP contribution >= 0.6 is 0 Å². The maximum absolute atomic E-state index is 9.28. The number of imidazole rings is 1. The van der Waals surface area contributed by atoms with E-state index in [0.717, 1.165) is 36.1 Å². The van der Waals surface area contributed by atoms with Gasteiger partial charge in [-0.25, -0.2) is 4.98 Å². The number of nitrogens with zero attached hydrogens (tertiary/aromatic N) is 4. The zero-order chi connectivity index (χ0) is 13.2. The summed E-state index contributed by atoms with van der Waals surface area (Å²) in [4.78, 5) is 4.55. The molecule has 0 aliphatic heterocycles. The van der Waals surface area contributed by atoms with E-state index < -0.39 is 0 Å². The Bertz CT molecular complexity index is 686. The standard InChI is InChI=1S/C15H14N4/c16-9-8-15-18-12-5-1-2-6-14(12)19(15)13-7-3-4-11(13)10-17/h1-2,5-6,11,13H,3-4,7-8H2. The van der Waals surface area contributed by atoms with Gasteiger partial charge >= 0.3 is 0 Å². The van der Waals surface area contributed by atoms with Crippen molar-refractivity contribution in [1.82, 2.24) is 9.55 Å². The third-order valence-corrected chi connectivity index (χ3v) is 3.88. The van der Waals surface area contributed by atoms with Crippen LogP contribution in [-0.4, -0.2) is 9.55 Å². The molecule has 3 rings (SSSR count). The summed E-state index contributed by atoms with van der Waals surface area (Å²) in [5.41, 5.74) is 1.95. The molecule has 4 nitrogen and oxygen atoms in total. The van der Waals surface area contributed by atoms with Crippen molar-refractivity contribution in [2.75, 3.05) is 0 Å². The van der Waals surface area contributed by atoms with Crippen molar-refractivity contribution in [3.8, 4) is 12.1 Å². The Balaban J connectivity index is 2.18. The van der Waals surface area contributed by atoms with Crippen molar-refractivity contribution in [1.29, 1.82) is 10.5 Å². The van der Waals surface area contributed by atoms with Crippen molar-refractivity contribution in [2.45, 2.75) is 31.7 Å². The van der Waals surface area contributed by atoms with Crippen LogP contribution < -0.4 is 0 Å². The average Bonchev–Trinajstić information content (AvgIpc) is 3.01. The number of benzene rings is 1. The first-order valence-corrected chi connectivity index (χ1v) is 6.57. The molecule has 0 bridgehead atoms. The lowest BCUT2D eigenvalue weighted by atomic mass is 10.1. The summed E-state index contributed by atoms with van der Waals surface area (Å²) in [6.45, 7) is 0. The lowest BCUT2D eigenvalue weighted by molar-refractivity contribution is 0.449. The number of aromatic nitrogens is 2. The Kier molecular flexibility index (Phi) is 2.93. The van der Waals surface area contributed by atoms with Crippen LogP contribution in [0.4, 0.5) is 0 Å².